The van der Waals surface area contributed by atoms with Crippen molar-refractivity contribution in [3.05, 3.63) is 46.2 Å². The largest absolute Gasteiger partial charge is 0.319 e. The summed E-state index contributed by atoms with van der Waals surface area (Å²) in [5.74, 6) is -0.293. The van der Waals surface area contributed by atoms with Crippen LogP contribution in [0.5, 0.6) is 0 Å². The van der Waals surface area contributed by atoms with Crippen molar-refractivity contribution in [3.63, 3.8) is 0 Å². The first-order valence-electron chi connectivity index (χ1n) is 5.74. The second-order valence-electron chi connectivity index (χ2n) is 5.23. The second kappa shape index (κ2) is 4.74. The lowest BCUT2D eigenvalue weighted by Gasteiger charge is -2.19. The van der Waals surface area contributed by atoms with Gasteiger partial charge in [0.15, 0.2) is 0 Å². The first-order valence-corrected chi connectivity index (χ1v) is 6.51. The first-order chi connectivity index (χ1) is 8.41. The summed E-state index contributed by atoms with van der Waals surface area (Å²) in [5, 5.41) is 4.13. The van der Waals surface area contributed by atoms with Crippen molar-refractivity contribution in [2.45, 2.75) is 32.2 Å². The topological polar surface area (TPSA) is 51.8 Å². The normalized spacial score (nSPS) is 13.6. The Balaban J connectivity index is 2.45. The Hall–Kier alpha value is -1.33. The van der Waals surface area contributed by atoms with E-state index in [0.29, 0.717) is 5.56 Å². The zero-order valence-electron chi connectivity index (χ0n) is 10.6. The second-order valence-corrected chi connectivity index (χ2v) is 6.02. The third-order valence-electron chi connectivity index (χ3n) is 2.75. The average Bonchev–Trinajstić information content (AvgIpc) is 2.77. The molecule has 0 aliphatic rings. The van der Waals surface area contributed by atoms with Crippen molar-refractivity contribution < 1.29 is 4.39 Å². The number of benzene rings is 1. The van der Waals surface area contributed by atoms with E-state index in [-0.39, 0.29) is 11.2 Å². The molecule has 2 N–H and O–H groups in total. The minimum Gasteiger partial charge on any atom is -0.319 e. The maximum atomic E-state index is 13.7. The number of nitrogens with zero attached hydrogens (tertiary/aromatic N) is 2. The maximum absolute atomic E-state index is 13.7. The fourth-order valence-electron chi connectivity index (χ4n) is 1.79. The number of rotatable bonds is 2. The van der Waals surface area contributed by atoms with E-state index in [0.717, 1.165) is 10.6 Å². The number of halogens is 1. The van der Waals surface area contributed by atoms with Gasteiger partial charge in [0.1, 0.15) is 5.82 Å². The minimum absolute atomic E-state index is 0.148. The van der Waals surface area contributed by atoms with Crippen molar-refractivity contribution in [1.82, 2.24) is 9.59 Å². The van der Waals surface area contributed by atoms with Crippen LogP contribution in [0.15, 0.2) is 24.3 Å². The lowest BCUT2D eigenvalue weighted by atomic mass is 9.89. The Morgan fingerprint density at radius 2 is 1.94 bits per heavy atom. The van der Waals surface area contributed by atoms with Gasteiger partial charge in [-0.2, -0.15) is 0 Å². The van der Waals surface area contributed by atoms with Gasteiger partial charge >= 0.3 is 0 Å². The van der Waals surface area contributed by atoms with E-state index in [1.54, 1.807) is 18.2 Å². The van der Waals surface area contributed by atoms with Gasteiger partial charge in [-0.25, -0.2) is 4.39 Å². The Kier molecular flexibility index (Phi) is 3.45. The Bertz CT molecular complexity index is 545. The zero-order valence-corrected chi connectivity index (χ0v) is 11.5. The van der Waals surface area contributed by atoms with E-state index in [2.05, 4.69) is 9.59 Å². The molecule has 5 heteroatoms. The van der Waals surface area contributed by atoms with Crippen LogP contribution in [0.4, 0.5) is 4.39 Å². The molecule has 0 fully saturated rings. The molecule has 0 saturated heterocycles. The molecule has 1 unspecified atom stereocenters. The van der Waals surface area contributed by atoms with Gasteiger partial charge in [0, 0.05) is 11.0 Å². The summed E-state index contributed by atoms with van der Waals surface area (Å²) < 4.78 is 17.7. The average molecular weight is 265 g/mol. The van der Waals surface area contributed by atoms with Crippen molar-refractivity contribution in [2.24, 2.45) is 5.73 Å². The number of nitrogens with two attached hydrogens (primary N) is 1. The molecular weight excluding hydrogens is 249 g/mol. The molecule has 1 heterocycles. The summed E-state index contributed by atoms with van der Waals surface area (Å²) in [4.78, 5) is 0.826. The molecule has 0 saturated carbocycles. The molecule has 3 nitrogen and oxygen atoms in total. The van der Waals surface area contributed by atoms with Gasteiger partial charge in [0.05, 0.1) is 16.6 Å². The highest BCUT2D eigenvalue weighted by atomic mass is 32.1. The van der Waals surface area contributed by atoms with Crippen LogP contribution in [-0.4, -0.2) is 9.59 Å². The molecule has 0 spiro atoms. The lowest BCUT2D eigenvalue weighted by Crippen LogP contribution is -2.20. The summed E-state index contributed by atoms with van der Waals surface area (Å²) in [6.45, 7) is 6.13. The highest BCUT2D eigenvalue weighted by molar-refractivity contribution is 7.05. The molecule has 0 bridgehead atoms. The number of aromatic nitrogens is 2. The van der Waals surface area contributed by atoms with Gasteiger partial charge in [0.25, 0.3) is 0 Å². The molecule has 0 amide bonds. The molecule has 2 rings (SSSR count). The molecule has 0 aliphatic heterocycles. The smallest absolute Gasteiger partial charge is 0.128 e. The summed E-state index contributed by atoms with van der Waals surface area (Å²) in [6, 6.07) is 6.04. The number of hydrogen-bond acceptors (Lipinski definition) is 4. The predicted molar refractivity (Wildman–Crippen MR) is 71.0 cm³/mol. The third-order valence-corrected chi connectivity index (χ3v) is 3.55. The monoisotopic (exact) mass is 265 g/mol. The van der Waals surface area contributed by atoms with Crippen LogP contribution < -0.4 is 5.73 Å². The molecule has 1 aromatic heterocycles. The molecule has 2 aromatic rings. The Morgan fingerprint density at radius 1 is 1.28 bits per heavy atom. The molecule has 1 aromatic carbocycles. The SMILES string of the molecule is CC(C)(C)c1nnsc1C(N)c1ccccc1F. The third kappa shape index (κ3) is 2.42. The van der Waals surface area contributed by atoms with Crippen molar-refractivity contribution in [1.29, 1.82) is 0 Å². The van der Waals surface area contributed by atoms with Crippen LogP contribution in [0.3, 0.4) is 0 Å². The van der Waals surface area contributed by atoms with Crippen molar-refractivity contribution in [3.8, 4) is 0 Å². The first kappa shape index (κ1) is 13.1. The summed E-state index contributed by atoms with van der Waals surface area (Å²) in [5.41, 5.74) is 7.32. The molecular formula is C13H16FN3S. The molecule has 96 valence electrons. The van der Waals surface area contributed by atoms with Crippen LogP contribution in [0.25, 0.3) is 0 Å². The highest BCUT2D eigenvalue weighted by Crippen LogP contribution is 2.32. The fourth-order valence-corrected chi connectivity index (χ4v) is 2.67. The van der Waals surface area contributed by atoms with E-state index in [9.17, 15) is 4.39 Å². The van der Waals surface area contributed by atoms with E-state index in [1.165, 1.54) is 17.6 Å². The van der Waals surface area contributed by atoms with Gasteiger partial charge in [0.2, 0.25) is 0 Å². The highest BCUT2D eigenvalue weighted by Gasteiger charge is 2.27. The summed E-state index contributed by atoms with van der Waals surface area (Å²) >= 11 is 1.24. The van der Waals surface area contributed by atoms with Gasteiger partial charge in [-0.15, -0.1) is 5.10 Å². The van der Waals surface area contributed by atoms with Gasteiger partial charge in [-0.1, -0.05) is 43.5 Å². The van der Waals surface area contributed by atoms with Crippen LogP contribution in [0, 0.1) is 5.82 Å². The van der Waals surface area contributed by atoms with Crippen LogP contribution >= 0.6 is 11.5 Å². The van der Waals surface area contributed by atoms with Gasteiger partial charge < -0.3 is 5.73 Å². The van der Waals surface area contributed by atoms with E-state index in [4.69, 9.17) is 5.73 Å². The van der Waals surface area contributed by atoms with Crippen LogP contribution in [0.1, 0.15) is 42.9 Å². The fraction of sp³-hybridized carbons (Fsp3) is 0.385. The quantitative estimate of drug-likeness (QED) is 0.908. The lowest BCUT2D eigenvalue weighted by molar-refractivity contribution is 0.552. The van der Waals surface area contributed by atoms with Crippen molar-refractivity contribution in [2.75, 3.05) is 0 Å². The summed E-state index contributed by atoms with van der Waals surface area (Å²) in [6.07, 6.45) is 0. The number of hydrogen-bond donors (Lipinski definition) is 1. The van der Waals surface area contributed by atoms with Gasteiger partial charge in [-0.05, 0) is 17.6 Å². The molecule has 18 heavy (non-hydrogen) atoms. The molecule has 0 aliphatic carbocycles. The van der Waals surface area contributed by atoms with Gasteiger partial charge in [-0.3, -0.25) is 0 Å². The molecule has 0 radical (unpaired) electrons. The van der Waals surface area contributed by atoms with E-state index in [1.807, 2.05) is 20.8 Å². The zero-order chi connectivity index (χ0) is 13.3. The van der Waals surface area contributed by atoms with Crippen LogP contribution in [0.2, 0.25) is 0 Å². The van der Waals surface area contributed by atoms with Crippen molar-refractivity contribution >= 4 is 11.5 Å². The van der Waals surface area contributed by atoms with E-state index < -0.39 is 6.04 Å². The Morgan fingerprint density at radius 3 is 2.56 bits per heavy atom. The predicted octanol–water partition coefficient (Wildman–Crippen LogP) is 3.02. The molecule has 1 atom stereocenters. The Labute approximate surface area is 110 Å². The van der Waals surface area contributed by atoms with Crippen LogP contribution in [-0.2, 0) is 5.41 Å². The summed E-state index contributed by atoms with van der Waals surface area (Å²) in [7, 11) is 0. The minimum atomic E-state index is -0.513. The standard InChI is InChI=1S/C13H16FN3S/c1-13(2,3)12-11(18-17-16-12)10(15)8-6-4-5-7-9(8)14/h4-7,10H,15H2,1-3H3. The maximum Gasteiger partial charge on any atom is 0.128 e. The van der Waals surface area contributed by atoms with E-state index >= 15 is 0 Å².